The summed E-state index contributed by atoms with van der Waals surface area (Å²) in [5.74, 6) is -2.02. The Balaban J connectivity index is 1.92. The van der Waals surface area contributed by atoms with Crippen molar-refractivity contribution < 1.29 is 17.6 Å². The number of halogens is 1. The van der Waals surface area contributed by atoms with Crippen LogP contribution in [0.3, 0.4) is 0 Å². The molecule has 2 rings (SSSR count). The van der Waals surface area contributed by atoms with E-state index in [4.69, 9.17) is 0 Å². The van der Waals surface area contributed by atoms with Crippen molar-refractivity contribution in [1.82, 2.24) is 5.32 Å². The second kappa shape index (κ2) is 8.11. The molecule has 2 aromatic carbocycles. The minimum atomic E-state index is -3.76. The van der Waals surface area contributed by atoms with Crippen LogP contribution < -0.4 is 10.0 Å². The number of carbonyl (C=O) groups is 1. The third-order valence-corrected chi connectivity index (χ3v) is 5.21. The SMILES string of the molecule is Cc1ccccc1CNC(=O)C(C)CS(=O)(=O)Nc1cccc(F)c1. The van der Waals surface area contributed by atoms with E-state index in [0.717, 1.165) is 17.2 Å². The Hall–Kier alpha value is -2.41. The standard InChI is InChI=1S/C18H21FN2O3S/c1-13-6-3-4-7-15(13)11-20-18(22)14(2)12-25(23,24)21-17-9-5-8-16(19)10-17/h3-10,14,21H,11-12H2,1-2H3,(H,20,22). The molecule has 1 amide bonds. The molecule has 0 aromatic heterocycles. The zero-order valence-electron chi connectivity index (χ0n) is 14.1. The number of carbonyl (C=O) groups excluding carboxylic acids is 1. The van der Waals surface area contributed by atoms with Gasteiger partial charge in [-0.3, -0.25) is 9.52 Å². The van der Waals surface area contributed by atoms with E-state index in [9.17, 15) is 17.6 Å². The smallest absolute Gasteiger partial charge is 0.233 e. The predicted octanol–water partition coefficient (Wildman–Crippen LogP) is 2.83. The number of hydrogen-bond donors (Lipinski definition) is 2. The van der Waals surface area contributed by atoms with Gasteiger partial charge in [-0.1, -0.05) is 37.3 Å². The molecule has 2 aromatic rings. The van der Waals surface area contributed by atoms with Crippen molar-refractivity contribution in [3.63, 3.8) is 0 Å². The Kier molecular flexibility index (Phi) is 6.14. The largest absolute Gasteiger partial charge is 0.352 e. The maximum absolute atomic E-state index is 13.1. The lowest BCUT2D eigenvalue weighted by molar-refractivity contribution is -0.124. The first-order valence-electron chi connectivity index (χ1n) is 7.85. The van der Waals surface area contributed by atoms with Crippen LogP contribution in [0.1, 0.15) is 18.1 Å². The van der Waals surface area contributed by atoms with Crippen molar-refractivity contribution in [2.75, 3.05) is 10.5 Å². The summed E-state index contributed by atoms with van der Waals surface area (Å²) in [6.07, 6.45) is 0. The average molecular weight is 364 g/mol. The van der Waals surface area contributed by atoms with Crippen LogP contribution in [0, 0.1) is 18.7 Å². The summed E-state index contributed by atoms with van der Waals surface area (Å²) in [6, 6.07) is 12.8. The molecule has 134 valence electrons. The molecule has 25 heavy (non-hydrogen) atoms. The molecule has 1 unspecified atom stereocenters. The summed E-state index contributed by atoms with van der Waals surface area (Å²) in [6.45, 7) is 3.82. The molecule has 0 aliphatic heterocycles. The molecule has 0 radical (unpaired) electrons. The molecule has 0 aliphatic carbocycles. The minimum absolute atomic E-state index is 0.132. The molecule has 5 nitrogen and oxygen atoms in total. The number of amides is 1. The second-order valence-corrected chi connectivity index (χ2v) is 7.71. The third kappa shape index (κ3) is 5.86. The summed E-state index contributed by atoms with van der Waals surface area (Å²) >= 11 is 0. The first kappa shape index (κ1) is 18.9. The number of hydrogen-bond acceptors (Lipinski definition) is 3. The Morgan fingerprint density at radius 2 is 1.88 bits per heavy atom. The molecule has 0 aliphatic rings. The number of aryl methyl sites for hydroxylation is 1. The van der Waals surface area contributed by atoms with E-state index < -0.39 is 21.8 Å². The van der Waals surface area contributed by atoms with Crippen molar-refractivity contribution >= 4 is 21.6 Å². The molecule has 1 atom stereocenters. The number of anilines is 1. The lowest BCUT2D eigenvalue weighted by Crippen LogP contribution is -2.34. The Bertz CT molecular complexity index is 853. The maximum atomic E-state index is 13.1. The summed E-state index contributed by atoms with van der Waals surface area (Å²) < 4.78 is 39.7. The van der Waals surface area contributed by atoms with Crippen molar-refractivity contribution in [1.29, 1.82) is 0 Å². The maximum Gasteiger partial charge on any atom is 0.233 e. The van der Waals surface area contributed by atoms with E-state index in [-0.39, 0.29) is 17.3 Å². The van der Waals surface area contributed by atoms with Gasteiger partial charge in [-0.05, 0) is 36.2 Å². The van der Waals surface area contributed by atoms with Gasteiger partial charge in [-0.25, -0.2) is 12.8 Å². The van der Waals surface area contributed by atoms with Gasteiger partial charge in [-0.2, -0.15) is 0 Å². The fraction of sp³-hybridized carbons (Fsp3) is 0.278. The van der Waals surface area contributed by atoms with Gasteiger partial charge in [-0.15, -0.1) is 0 Å². The molecule has 7 heteroatoms. The van der Waals surface area contributed by atoms with Crippen LogP contribution in [-0.2, 0) is 21.4 Å². The van der Waals surface area contributed by atoms with E-state index in [0.29, 0.717) is 6.54 Å². The molecule has 0 saturated carbocycles. The topological polar surface area (TPSA) is 75.3 Å². The van der Waals surface area contributed by atoms with Gasteiger partial charge < -0.3 is 5.32 Å². The normalized spacial score (nSPS) is 12.4. The van der Waals surface area contributed by atoms with Crippen LogP contribution in [0.25, 0.3) is 0 Å². The van der Waals surface area contributed by atoms with E-state index in [1.807, 2.05) is 31.2 Å². The molecule has 2 N–H and O–H groups in total. The van der Waals surface area contributed by atoms with Crippen LogP contribution in [0.5, 0.6) is 0 Å². The quantitative estimate of drug-likeness (QED) is 0.793. The van der Waals surface area contributed by atoms with Gasteiger partial charge in [0.25, 0.3) is 0 Å². The lowest BCUT2D eigenvalue weighted by Gasteiger charge is -2.14. The zero-order valence-corrected chi connectivity index (χ0v) is 14.9. The fourth-order valence-electron chi connectivity index (χ4n) is 2.34. The van der Waals surface area contributed by atoms with Crippen LogP contribution in [-0.4, -0.2) is 20.1 Å². The van der Waals surface area contributed by atoms with Crippen LogP contribution in [0.15, 0.2) is 48.5 Å². The monoisotopic (exact) mass is 364 g/mol. The van der Waals surface area contributed by atoms with Crippen molar-refractivity contribution in [2.24, 2.45) is 5.92 Å². The first-order valence-corrected chi connectivity index (χ1v) is 9.50. The number of sulfonamides is 1. The van der Waals surface area contributed by atoms with Gasteiger partial charge in [0.1, 0.15) is 5.82 Å². The van der Waals surface area contributed by atoms with E-state index >= 15 is 0 Å². The van der Waals surface area contributed by atoms with Crippen LogP contribution >= 0.6 is 0 Å². The zero-order chi connectivity index (χ0) is 18.4. The number of nitrogens with one attached hydrogen (secondary N) is 2. The first-order chi connectivity index (χ1) is 11.8. The van der Waals surface area contributed by atoms with Crippen LogP contribution in [0.2, 0.25) is 0 Å². The minimum Gasteiger partial charge on any atom is -0.352 e. The van der Waals surface area contributed by atoms with Gasteiger partial charge in [0.2, 0.25) is 15.9 Å². The highest BCUT2D eigenvalue weighted by Gasteiger charge is 2.21. The second-order valence-electron chi connectivity index (χ2n) is 5.94. The molecule has 0 spiro atoms. The molecule has 0 saturated heterocycles. The van der Waals surface area contributed by atoms with Crippen molar-refractivity contribution in [3.05, 3.63) is 65.5 Å². The van der Waals surface area contributed by atoms with E-state index in [1.165, 1.54) is 25.1 Å². The summed E-state index contributed by atoms with van der Waals surface area (Å²) in [5, 5.41) is 2.74. The Morgan fingerprint density at radius 3 is 2.56 bits per heavy atom. The fourth-order valence-corrected chi connectivity index (χ4v) is 3.72. The van der Waals surface area contributed by atoms with Crippen molar-refractivity contribution in [3.8, 4) is 0 Å². The Morgan fingerprint density at radius 1 is 1.16 bits per heavy atom. The highest BCUT2D eigenvalue weighted by molar-refractivity contribution is 7.92. The van der Waals surface area contributed by atoms with Gasteiger partial charge in [0.15, 0.2) is 0 Å². The number of rotatable bonds is 7. The highest BCUT2D eigenvalue weighted by atomic mass is 32.2. The molecule has 0 heterocycles. The average Bonchev–Trinajstić information content (AvgIpc) is 2.52. The summed E-state index contributed by atoms with van der Waals surface area (Å²) in [5.41, 5.74) is 2.16. The summed E-state index contributed by atoms with van der Waals surface area (Å²) in [7, 11) is -3.76. The number of benzene rings is 2. The highest BCUT2D eigenvalue weighted by Crippen LogP contribution is 2.13. The van der Waals surface area contributed by atoms with Gasteiger partial charge in [0, 0.05) is 6.54 Å². The molecule has 0 bridgehead atoms. The van der Waals surface area contributed by atoms with Crippen molar-refractivity contribution in [2.45, 2.75) is 20.4 Å². The summed E-state index contributed by atoms with van der Waals surface area (Å²) in [4.78, 5) is 12.1. The van der Waals surface area contributed by atoms with E-state index in [1.54, 1.807) is 0 Å². The van der Waals surface area contributed by atoms with Gasteiger partial charge >= 0.3 is 0 Å². The van der Waals surface area contributed by atoms with E-state index in [2.05, 4.69) is 10.0 Å². The predicted molar refractivity (Wildman–Crippen MR) is 96.0 cm³/mol. The van der Waals surface area contributed by atoms with Crippen LogP contribution in [0.4, 0.5) is 10.1 Å². The molecular formula is C18H21FN2O3S. The molecule has 0 fully saturated rings. The lowest BCUT2D eigenvalue weighted by atomic mass is 10.1. The third-order valence-electron chi connectivity index (χ3n) is 3.73. The Labute approximate surface area is 147 Å². The van der Waals surface area contributed by atoms with Gasteiger partial charge in [0.05, 0.1) is 17.4 Å². The molecular weight excluding hydrogens is 343 g/mol.